The molecule has 1 aliphatic heterocycles. The number of pyridine rings is 1. The first-order chi connectivity index (χ1) is 9.16. The zero-order valence-corrected chi connectivity index (χ0v) is 11.9. The van der Waals surface area contributed by atoms with Gasteiger partial charge < -0.3 is 4.90 Å². The molecule has 4 heteroatoms. The van der Waals surface area contributed by atoms with Crippen molar-refractivity contribution >= 4 is 22.9 Å². The number of carbonyl (C=O) groups excluding carboxylic acids is 1. The van der Waals surface area contributed by atoms with Gasteiger partial charge >= 0.3 is 0 Å². The van der Waals surface area contributed by atoms with Crippen LogP contribution < -0.4 is 4.90 Å². The highest BCUT2D eigenvalue weighted by atomic mass is 32.1. The molecular weight excluding hydrogens is 256 g/mol. The molecule has 0 amide bonds. The Kier molecular flexibility index (Phi) is 3.11. The number of anilines is 1. The molecule has 3 nitrogen and oxygen atoms in total. The number of rotatable bonds is 2. The summed E-state index contributed by atoms with van der Waals surface area (Å²) in [5.74, 6) is 0.988. The summed E-state index contributed by atoms with van der Waals surface area (Å²) in [6.07, 6.45) is 2.78. The van der Waals surface area contributed by atoms with E-state index in [9.17, 15) is 4.79 Å². The Bertz CT molecular complexity index is 620. The maximum atomic E-state index is 11.5. The fourth-order valence-corrected chi connectivity index (χ4v) is 3.58. The highest BCUT2D eigenvalue weighted by molar-refractivity contribution is 7.10. The summed E-state index contributed by atoms with van der Waals surface area (Å²) >= 11 is 1.83. The lowest BCUT2D eigenvalue weighted by molar-refractivity contribution is 0.101. The smallest absolute Gasteiger partial charge is 0.159 e. The van der Waals surface area contributed by atoms with Gasteiger partial charge in [-0.05, 0) is 49.4 Å². The molecule has 1 atom stereocenters. The second-order valence-corrected chi connectivity index (χ2v) is 5.88. The van der Waals surface area contributed by atoms with E-state index in [0.717, 1.165) is 24.3 Å². The third kappa shape index (κ3) is 2.16. The van der Waals surface area contributed by atoms with Crippen molar-refractivity contribution in [2.45, 2.75) is 26.3 Å². The SMILES string of the molecule is CC(=O)c1ccnc(N2CCc3sccc3C2C)c1. The Morgan fingerprint density at radius 3 is 3.11 bits per heavy atom. The zero-order valence-electron chi connectivity index (χ0n) is 11.1. The molecular formula is C15H16N2OS. The average molecular weight is 272 g/mol. The van der Waals surface area contributed by atoms with Crippen molar-refractivity contribution in [3.05, 3.63) is 45.8 Å². The van der Waals surface area contributed by atoms with Gasteiger partial charge in [0, 0.05) is 23.2 Å². The van der Waals surface area contributed by atoms with Gasteiger partial charge in [-0.15, -0.1) is 11.3 Å². The average Bonchev–Trinajstić information content (AvgIpc) is 2.88. The quantitative estimate of drug-likeness (QED) is 0.785. The van der Waals surface area contributed by atoms with Crippen LogP contribution in [0.15, 0.2) is 29.8 Å². The van der Waals surface area contributed by atoms with Gasteiger partial charge in [0.15, 0.2) is 5.78 Å². The van der Waals surface area contributed by atoms with Crippen LogP contribution in [0.25, 0.3) is 0 Å². The molecule has 0 aromatic carbocycles. The van der Waals surface area contributed by atoms with E-state index in [-0.39, 0.29) is 5.78 Å². The molecule has 3 rings (SSSR count). The molecule has 0 radical (unpaired) electrons. The van der Waals surface area contributed by atoms with Crippen LogP contribution in [0.1, 0.15) is 40.7 Å². The molecule has 0 spiro atoms. The number of thiophene rings is 1. The van der Waals surface area contributed by atoms with Crippen molar-refractivity contribution in [2.75, 3.05) is 11.4 Å². The van der Waals surface area contributed by atoms with Gasteiger partial charge in [-0.25, -0.2) is 4.98 Å². The molecule has 2 aromatic rings. The summed E-state index contributed by atoms with van der Waals surface area (Å²) in [7, 11) is 0. The van der Waals surface area contributed by atoms with Gasteiger partial charge in [-0.1, -0.05) is 0 Å². The molecule has 0 bridgehead atoms. The number of nitrogens with zero attached hydrogens (tertiary/aromatic N) is 2. The fraction of sp³-hybridized carbons (Fsp3) is 0.333. The minimum Gasteiger partial charge on any atom is -0.349 e. The third-order valence-corrected chi connectivity index (χ3v) is 4.72. The first-order valence-corrected chi connectivity index (χ1v) is 7.34. The predicted octanol–water partition coefficient (Wildman–Crippen LogP) is 3.47. The first-order valence-electron chi connectivity index (χ1n) is 6.46. The second-order valence-electron chi connectivity index (χ2n) is 4.88. The van der Waals surface area contributed by atoms with E-state index in [1.807, 2.05) is 17.4 Å². The molecule has 1 unspecified atom stereocenters. The molecule has 0 fully saturated rings. The summed E-state index contributed by atoms with van der Waals surface area (Å²) < 4.78 is 0. The van der Waals surface area contributed by atoms with Crippen molar-refractivity contribution in [1.82, 2.24) is 4.98 Å². The number of aromatic nitrogens is 1. The summed E-state index contributed by atoms with van der Waals surface area (Å²) in [6.45, 7) is 4.76. The maximum absolute atomic E-state index is 11.5. The number of hydrogen-bond acceptors (Lipinski definition) is 4. The van der Waals surface area contributed by atoms with E-state index in [2.05, 4.69) is 28.3 Å². The Morgan fingerprint density at radius 1 is 1.47 bits per heavy atom. The topological polar surface area (TPSA) is 33.2 Å². The number of Topliss-reactive ketones (excluding diaryl/α,β-unsaturated/α-hetero) is 1. The van der Waals surface area contributed by atoms with E-state index < -0.39 is 0 Å². The molecule has 19 heavy (non-hydrogen) atoms. The van der Waals surface area contributed by atoms with Gasteiger partial charge in [-0.3, -0.25) is 4.79 Å². The van der Waals surface area contributed by atoms with Crippen LogP contribution >= 0.6 is 11.3 Å². The Hall–Kier alpha value is -1.68. The Labute approximate surface area is 116 Å². The van der Waals surface area contributed by atoms with Crippen LogP contribution in [0.2, 0.25) is 0 Å². The van der Waals surface area contributed by atoms with Crippen LogP contribution in [0.5, 0.6) is 0 Å². The molecule has 0 aliphatic carbocycles. The molecule has 2 aromatic heterocycles. The maximum Gasteiger partial charge on any atom is 0.159 e. The molecule has 3 heterocycles. The van der Waals surface area contributed by atoms with Crippen molar-refractivity contribution < 1.29 is 4.79 Å². The monoisotopic (exact) mass is 272 g/mol. The molecule has 98 valence electrons. The van der Waals surface area contributed by atoms with Crippen molar-refractivity contribution in [2.24, 2.45) is 0 Å². The van der Waals surface area contributed by atoms with Crippen LogP contribution in [0.3, 0.4) is 0 Å². The number of hydrogen-bond donors (Lipinski definition) is 0. The van der Waals surface area contributed by atoms with E-state index in [1.54, 1.807) is 19.2 Å². The van der Waals surface area contributed by atoms with Crippen LogP contribution in [0.4, 0.5) is 5.82 Å². The summed E-state index contributed by atoms with van der Waals surface area (Å²) in [5.41, 5.74) is 2.12. The van der Waals surface area contributed by atoms with Gasteiger partial charge in [0.25, 0.3) is 0 Å². The number of ketones is 1. The van der Waals surface area contributed by atoms with Crippen LogP contribution in [-0.4, -0.2) is 17.3 Å². The lowest BCUT2D eigenvalue weighted by Crippen LogP contribution is -2.33. The Balaban J connectivity index is 1.95. The minimum absolute atomic E-state index is 0.0875. The lowest BCUT2D eigenvalue weighted by Gasteiger charge is -2.34. The van der Waals surface area contributed by atoms with Gasteiger partial charge in [0.1, 0.15) is 5.82 Å². The van der Waals surface area contributed by atoms with E-state index in [0.29, 0.717) is 6.04 Å². The first kappa shape index (κ1) is 12.4. The fourth-order valence-electron chi connectivity index (χ4n) is 2.62. The molecule has 1 aliphatic rings. The summed E-state index contributed by atoms with van der Waals surface area (Å²) in [5, 5.41) is 2.16. The van der Waals surface area contributed by atoms with Crippen LogP contribution in [-0.2, 0) is 6.42 Å². The minimum atomic E-state index is 0.0875. The molecule has 0 N–H and O–H groups in total. The second kappa shape index (κ2) is 4.78. The van der Waals surface area contributed by atoms with E-state index in [4.69, 9.17) is 0 Å². The zero-order chi connectivity index (χ0) is 13.4. The van der Waals surface area contributed by atoms with Gasteiger partial charge in [0.2, 0.25) is 0 Å². The van der Waals surface area contributed by atoms with Gasteiger partial charge in [0.05, 0.1) is 6.04 Å². The summed E-state index contributed by atoms with van der Waals surface area (Å²) in [6, 6.07) is 6.20. The van der Waals surface area contributed by atoms with Gasteiger partial charge in [-0.2, -0.15) is 0 Å². The predicted molar refractivity (Wildman–Crippen MR) is 78.0 cm³/mol. The van der Waals surface area contributed by atoms with Crippen molar-refractivity contribution in [1.29, 1.82) is 0 Å². The standard InChI is InChI=1S/C15H16N2OS/c1-10-13-5-8-19-14(13)4-7-17(10)15-9-12(11(2)18)3-6-16-15/h3,5-6,8-10H,4,7H2,1-2H3. The van der Waals surface area contributed by atoms with Crippen molar-refractivity contribution in [3.63, 3.8) is 0 Å². The van der Waals surface area contributed by atoms with E-state index in [1.165, 1.54) is 10.4 Å². The number of fused-ring (bicyclic) bond motifs is 1. The molecule has 0 saturated carbocycles. The lowest BCUT2D eigenvalue weighted by atomic mass is 10.0. The molecule has 0 saturated heterocycles. The van der Waals surface area contributed by atoms with Crippen LogP contribution in [0, 0.1) is 0 Å². The third-order valence-electron chi connectivity index (χ3n) is 3.72. The summed E-state index contributed by atoms with van der Waals surface area (Å²) in [4.78, 5) is 19.7. The van der Waals surface area contributed by atoms with E-state index >= 15 is 0 Å². The number of carbonyl (C=O) groups is 1. The highest BCUT2D eigenvalue weighted by Crippen LogP contribution is 2.35. The van der Waals surface area contributed by atoms with Crippen molar-refractivity contribution in [3.8, 4) is 0 Å². The Morgan fingerprint density at radius 2 is 2.32 bits per heavy atom. The largest absolute Gasteiger partial charge is 0.349 e. The normalized spacial score (nSPS) is 18.2. The highest BCUT2D eigenvalue weighted by Gasteiger charge is 2.25.